The molecule has 1 aromatic heterocycles. The van der Waals surface area contributed by atoms with Crippen LogP contribution in [0.15, 0.2) is 11.1 Å². The molecule has 0 bridgehead atoms. The normalized spacial score (nSPS) is 12.5. The van der Waals surface area contributed by atoms with Crippen molar-refractivity contribution in [3.8, 4) is 11.6 Å². The van der Waals surface area contributed by atoms with Crippen LogP contribution in [0.1, 0.15) is 0 Å². The van der Waals surface area contributed by atoms with Gasteiger partial charge >= 0.3 is 6.36 Å². The van der Waals surface area contributed by atoms with Gasteiger partial charge in [0.1, 0.15) is 4.90 Å². The van der Waals surface area contributed by atoms with Crippen LogP contribution in [0.3, 0.4) is 0 Å². The van der Waals surface area contributed by atoms with E-state index in [0.717, 1.165) is 0 Å². The van der Waals surface area contributed by atoms with Crippen LogP contribution in [-0.4, -0.2) is 24.9 Å². The second kappa shape index (κ2) is 4.65. The molecule has 1 N–H and O–H groups in total. The molecule has 1 rings (SSSR count). The van der Waals surface area contributed by atoms with E-state index in [2.05, 4.69) is 9.72 Å². The van der Waals surface area contributed by atoms with Crippen LogP contribution in [0.4, 0.5) is 13.2 Å². The Morgan fingerprint density at radius 3 is 2.41 bits per heavy atom. The summed E-state index contributed by atoms with van der Waals surface area (Å²) in [4.78, 5) is 2.23. The monoisotopic (exact) mass is 403 g/mol. The highest BCUT2D eigenvalue weighted by atomic mass is 127. The summed E-state index contributed by atoms with van der Waals surface area (Å²) in [5.74, 6) is -1.87. The van der Waals surface area contributed by atoms with Crippen molar-refractivity contribution in [1.82, 2.24) is 4.98 Å². The predicted octanol–water partition coefficient (Wildman–Crippen LogP) is 2.22. The van der Waals surface area contributed by atoms with Gasteiger partial charge in [-0.1, -0.05) is 0 Å². The molecule has 11 heteroatoms. The van der Waals surface area contributed by atoms with Crippen LogP contribution < -0.4 is 4.74 Å². The lowest BCUT2D eigenvalue weighted by Gasteiger charge is -2.11. The van der Waals surface area contributed by atoms with Gasteiger partial charge in [-0.2, -0.15) is 0 Å². The standard InChI is InChI=1S/C6H2ClF3INO4S/c7-17(14,15)4-2(13)1-12-5(3(4)11)16-6(8,9)10/h1,13H. The molecular formula is C6H2ClF3INO4S. The second-order valence-corrected chi connectivity index (χ2v) is 6.16. The molecule has 0 fully saturated rings. The molecule has 0 aliphatic carbocycles. The second-order valence-electron chi connectivity index (χ2n) is 2.58. The van der Waals surface area contributed by atoms with Gasteiger partial charge < -0.3 is 9.84 Å². The number of halogens is 5. The van der Waals surface area contributed by atoms with Gasteiger partial charge in [-0.3, -0.25) is 0 Å². The SMILES string of the molecule is O=S(=O)(Cl)c1c(O)cnc(OC(F)(F)F)c1I. The highest BCUT2D eigenvalue weighted by Crippen LogP contribution is 2.36. The molecule has 0 radical (unpaired) electrons. The summed E-state index contributed by atoms with van der Waals surface area (Å²) in [6, 6.07) is 0. The summed E-state index contributed by atoms with van der Waals surface area (Å²) < 4.78 is 60.8. The fourth-order valence-electron chi connectivity index (χ4n) is 0.857. The van der Waals surface area contributed by atoms with E-state index in [-0.39, 0.29) is 0 Å². The van der Waals surface area contributed by atoms with E-state index < -0.39 is 35.5 Å². The van der Waals surface area contributed by atoms with Gasteiger partial charge in [-0.15, -0.1) is 13.2 Å². The highest BCUT2D eigenvalue weighted by molar-refractivity contribution is 14.1. The molecule has 96 valence electrons. The van der Waals surface area contributed by atoms with Crippen molar-refractivity contribution >= 4 is 42.3 Å². The summed E-state index contributed by atoms with van der Waals surface area (Å²) in [6.45, 7) is 0. The Morgan fingerprint density at radius 2 is 2.00 bits per heavy atom. The van der Waals surface area contributed by atoms with Crippen molar-refractivity contribution in [3.05, 3.63) is 9.77 Å². The van der Waals surface area contributed by atoms with E-state index in [1.165, 1.54) is 22.6 Å². The van der Waals surface area contributed by atoms with Gasteiger partial charge in [0.25, 0.3) is 9.05 Å². The zero-order valence-electron chi connectivity index (χ0n) is 7.49. The van der Waals surface area contributed by atoms with Crippen LogP contribution in [-0.2, 0) is 9.05 Å². The van der Waals surface area contributed by atoms with E-state index in [9.17, 15) is 26.7 Å². The number of rotatable bonds is 2. The molecule has 17 heavy (non-hydrogen) atoms. The third-order valence-corrected chi connectivity index (χ3v) is 4.11. The van der Waals surface area contributed by atoms with E-state index in [4.69, 9.17) is 10.7 Å². The van der Waals surface area contributed by atoms with E-state index >= 15 is 0 Å². The molecule has 0 aliphatic heterocycles. The van der Waals surface area contributed by atoms with Crippen LogP contribution in [0.5, 0.6) is 11.6 Å². The first-order valence-corrected chi connectivity index (χ1v) is 6.99. The fourth-order valence-corrected chi connectivity index (χ4v) is 3.72. The number of pyridine rings is 1. The molecule has 0 spiro atoms. The lowest BCUT2D eigenvalue weighted by molar-refractivity contribution is -0.276. The van der Waals surface area contributed by atoms with E-state index in [0.29, 0.717) is 6.20 Å². The smallest absolute Gasteiger partial charge is 0.505 e. The Labute approximate surface area is 111 Å². The maximum Gasteiger partial charge on any atom is 0.574 e. The Kier molecular flexibility index (Phi) is 3.98. The number of alkyl halides is 3. The maximum atomic E-state index is 11.9. The Hall–Kier alpha value is -0.490. The predicted molar refractivity (Wildman–Crippen MR) is 58.3 cm³/mol. The van der Waals surface area contributed by atoms with Crippen molar-refractivity contribution in [2.75, 3.05) is 0 Å². The lowest BCUT2D eigenvalue weighted by Crippen LogP contribution is -2.19. The molecule has 5 nitrogen and oxygen atoms in total. The molecule has 0 saturated carbocycles. The molecule has 0 aliphatic rings. The molecule has 0 atom stereocenters. The first-order chi connectivity index (χ1) is 7.52. The third kappa shape index (κ3) is 3.74. The highest BCUT2D eigenvalue weighted by Gasteiger charge is 2.34. The minimum Gasteiger partial charge on any atom is -0.505 e. The maximum absolute atomic E-state index is 11.9. The van der Waals surface area contributed by atoms with E-state index in [1.54, 1.807) is 0 Å². The molecule has 1 aromatic rings. The quantitative estimate of drug-likeness (QED) is 0.605. The van der Waals surface area contributed by atoms with Gasteiger partial charge in [0.05, 0.1) is 9.77 Å². The van der Waals surface area contributed by atoms with Crippen LogP contribution >= 0.6 is 33.3 Å². The average molecular weight is 404 g/mol. The number of nitrogens with zero attached hydrogens (tertiary/aromatic N) is 1. The zero-order valence-corrected chi connectivity index (χ0v) is 11.2. The fraction of sp³-hybridized carbons (Fsp3) is 0.167. The first kappa shape index (κ1) is 14.6. The topological polar surface area (TPSA) is 76.5 Å². The number of hydrogen-bond acceptors (Lipinski definition) is 5. The zero-order chi connectivity index (χ0) is 13.4. The summed E-state index contributed by atoms with van der Waals surface area (Å²) in [5, 5.41) is 9.18. The Morgan fingerprint density at radius 1 is 1.47 bits per heavy atom. The number of aromatic nitrogens is 1. The van der Waals surface area contributed by atoms with Crippen molar-refractivity contribution in [2.45, 2.75) is 11.3 Å². The molecule has 0 saturated heterocycles. The molecule has 1 heterocycles. The summed E-state index contributed by atoms with van der Waals surface area (Å²) >= 11 is 1.22. The first-order valence-electron chi connectivity index (χ1n) is 3.60. The average Bonchev–Trinajstić information content (AvgIpc) is 2.06. The summed E-state index contributed by atoms with van der Waals surface area (Å²) in [5.41, 5.74) is 0. The molecule has 0 aromatic carbocycles. The van der Waals surface area contributed by atoms with Crippen molar-refractivity contribution < 1.29 is 31.4 Å². The van der Waals surface area contributed by atoms with Gasteiger partial charge in [-0.25, -0.2) is 13.4 Å². The van der Waals surface area contributed by atoms with Crippen molar-refractivity contribution in [1.29, 1.82) is 0 Å². The largest absolute Gasteiger partial charge is 0.574 e. The molecule has 0 unspecified atom stereocenters. The third-order valence-electron chi connectivity index (χ3n) is 1.38. The van der Waals surface area contributed by atoms with Crippen molar-refractivity contribution in [2.24, 2.45) is 0 Å². The number of hydrogen-bond donors (Lipinski definition) is 1. The number of ether oxygens (including phenoxy) is 1. The minimum absolute atomic E-state index is 0.499. The number of aromatic hydroxyl groups is 1. The lowest BCUT2D eigenvalue weighted by atomic mass is 10.4. The molecule has 0 amide bonds. The summed E-state index contributed by atoms with van der Waals surface area (Å²) in [6.07, 6.45) is -4.53. The van der Waals surface area contributed by atoms with E-state index in [1.807, 2.05) is 0 Å². The summed E-state index contributed by atoms with van der Waals surface area (Å²) in [7, 11) is 0.540. The molecular weight excluding hydrogens is 401 g/mol. The minimum atomic E-state index is -5.03. The Bertz CT molecular complexity index is 547. The van der Waals surface area contributed by atoms with Gasteiger partial charge in [0.15, 0.2) is 5.75 Å². The Balaban J connectivity index is 3.40. The van der Waals surface area contributed by atoms with Crippen molar-refractivity contribution in [3.63, 3.8) is 0 Å². The van der Waals surface area contributed by atoms with Gasteiger partial charge in [0.2, 0.25) is 5.88 Å². The van der Waals surface area contributed by atoms with Gasteiger partial charge in [-0.05, 0) is 22.6 Å². The van der Waals surface area contributed by atoms with Crippen LogP contribution in [0, 0.1) is 3.57 Å². The van der Waals surface area contributed by atoms with Crippen LogP contribution in [0.2, 0.25) is 0 Å². The van der Waals surface area contributed by atoms with Gasteiger partial charge in [0, 0.05) is 10.7 Å². The van der Waals surface area contributed by atoms with Crippen LogP contribution in [0.25, 0.3) is 0 Å².